The smallest absolute Gasteiger partial charge is 0.102 e. The van der Waals surface area contributed by atoms with E-state index in [1.165, 1.54) is 17.3 Å². The average Bonchev–Trinajstić information content (AvgIpc) is 2.36. The molecular formula is C8H12N2S. The van der Waals surface area contributed by atoms with E-state index in [2.05, 4.69) is 28.7 Å². The van der Waals surface area contributed by atoms with Crippen molar-refractivity contribution in [3.05, 3.63) is 17.5 Å². The van der Waals surface area contributed by atoms with E-state index >= 15 is 0 Å². The molecule has 3 heteroatoms. The molecule has 0 aromatic carbocycles. The molecule has 0 fully saturated rings. The van der Waals surface area contributed by atoms with Crippen LogP contribution < -0.4 is 0 Å². The van der Waals surface area contributed by atoms with Crippen molar-refractivity contribution in [3.8, 4) is 0 Å². The highest BCUT2D eigenvalue weighted by Gasteiger charge is 2.03. The molecule has 0 amide bonds. The van der Waals surface area contributed by atoms with Gasteiger partial charge in [-0.15, -0.1) is 0 Å². The first-order valence-corrected chi connectivity index (χ1v) is 4.45. The highest BCUT2D eigenvalue weighted by Crippen LogP contribution is 2.15. The number of nitrogens with zero attached hydrogens (tertiary/aromatic N) is 2. The molecule has 0 saturated carbocycles. The number of hydrogen-bond acceptors (Lipinski definition) is 3. The largest absolute Gasteiger partial charge is 0.178 e. The second-order valence-electron chi connectivity index (χ2n) is 2.49. The maximum atomic E-state index is 4.20. The lowest BCUT2D eigenvalue weighted by Crippen LogP contribution is -1.82. The third kappa shape index (κ3) is 1.87. The molecule has 0 radical (unpaired) electrons. The van der Waals surface area contributed by atoms with Crippen LogP contribution in [0.1, 0.15) is 31.7 Å². The zero-order valence-corrected chi connectivity index (χ0v) is 7.90. The van der Waals surface area contributed by atoms with E-state index in [0.717, 1.165) is 17.8 Å². The molecule has 60 valence electrons. The highest BCUT2D eigenvalue weighted by molar-refractivity contribution is 6.99. The SMILES string of the molecule is CC/C=C(/C)c1nsnc1C. The molecule has 1 aromatic rings. The normalized spacial score (nSPS) is 12.1. The van der Waals surface area contributed by atoms with E-state index in [4.69, 9.17) is 0 Å². The van der Waals surface area contributed by atoms with Gasteiger partial charge in [-0.3, -0.25) is 0 Å². The minimum absolute atomic E-state index is 1.04. The summed E-state index contributed by atoms with van der Waals surface area (Å²) in [5, 5.41) is 0. The summed E-state index contributed by atoms with van der Waals surface area (Å²) in [6, 6.07) is 0. The van der Waals surface area contributed by atoms with Crippen LogP contribution in [0, 0.1) is 6.92 Å². The molecule has 0 unspecified atom stereocenters. The molecule has 0 saturated heterocycles. The van der Waals surface area contributed by atoms with Crippen LogP contribution in [0.2, 0.25) is 0 Å². The first-order valence-electron chi connectivity index (χ1n) is 3.72. The Hall–Kier alpha value is -0.700. The Morgan fingerprint density at radius 3 is 2.73 bits per heavy atom. The quantitative estimate of drug-likeness (QED) is 0.678. The molecular weight excluding hydrogens is 156 g/mol. The Balaban J connectivity index is 2.92. The summed E-state index contributed by atoms with van der Waals surface area (Å²) in [7, 11) is 0. The number of allylic oxidation sites excluding steroid dienone is 2. The minimum Gasteiger partial charge on any atom is -0.178 e. The second kappa shape index (κ2) is 3.62. The van der Waals surface area contributed by atoms with Crippen molar-refractivity contribution in [2.24, 2.45) is 0 Å². The van der Waals surface area contributed by atoms with Crippen LogP contribution in [0.25, 0.3) is 5.57 Å². The summed E-state index contributed by atoms with van der Waals surface area (Å²) in [6.07, 6.45) is 3.23. The van der Waals surface area contributed by atoms with Gasteiger partial charge in [0.15, 0.2) is 0 Å². The zero-order chi connectivity index (χ0) is 8.27. The predicted octanol–water partition coefficient (Wildman–Crippen LogP) is 2.66. The van der Waals surface area contributed by atoms with Crippen molar-refractivity contribution in [3.63, 3.8) is 0 Å². The van der Waals surface area contributed by atoms with Gasteiger partial charge in [0.1, 0.15) is 5.69 Å². The molecule has 0 aliphatic carbocycles. The van der Waals surface area contributed by atoms with E-state index < -0.39 is 0 Å². The van der Waals surface area contributed by atoms with Crippen LogP contribution in [0.4, 0.5) is 0 Å². The van der Waals surface area contributed by atoms with Crippen LogP contribution in [0.15, 0.2) is 6.08 Å². The molecule has 1 rings (SSSR count). The van der Waals surface area contributed by atoms with Crippen molar-refractivity contribution in [2.75, 3.05) is 0 Å². The molecule has 1 aromatic heterocycles. The Kier molecular flexibility index (Phi) is 2.76. The van der Waals surface area contributed by atoms with Crippen molar-refractivity contribution >= 4 is 17.3 Å². The lowest BCUT2D eigenvalue weighted by Gasteiger charge is -1.94. The van der Waals surface area contributed by atoms with Gasteiger partial charge in [0.05, 0.1) is 17.4 Å². The first-order chi connectivity index (χ1) is 5.25. The van der Waals surface area contributed by atoms with E-state index in [-0.39, 0.29) is 0 Å². The Morgan fingerprint density at radius 2 is 2.27 bits per heavy atom. The molecule has 0 spiro atoms. The van der Waals surface area contributed by atoms with Gasteiger partial charge >= 0.3 is 0 Å². The van der Waals surface area contributed by atoms with E-state index in [0.29, 0.717) is 0 Å². The summed E-state index contributed by atoms with van der Waals surface area (Å²) in [6.45, 7) is 6.19. The summed E-state index contributed by atoms with van der Waals surface area (Å²) >= 11 is 1.28. The topological polar surface area (TPSA) is 25.8 Å². The number of aromatic nitrogens is 2. The fourth-order valence-corrected chi connectivity index (χ4v) is 1.60. The molecule has 11 heavy (non-hydrogen) atoms. The van der Waals surface area contributed by atoms with Gasteiger partial charge in [-0.2, -0.15) is 8.75 Å². The van der Waals surface area contributed by atoms with Gasteiger partial charge in [-0.1, -0.05) is 13.0 Å². The van der Waals surface area contributed by atoms with E-state index in [9.17, 15) is 0 Å². The fourth-order valence-electron chi connectivity index (χ4n) is 0.992. The van der Waals surface area contributed by atoms with Crippen molar-refractivity contribution < 1.29 is 0 Å². The van der Waals surface area contributed by atoms with Gasteiger partial charge in [0, 0.05) is 0 Å². The maximum absolute atomic E-state index is 4.20. The fraction of sp³-hybridized carbons (Fsp3) is 0.500. The zero-order valence-electron chi connectivity index (χ0n) is 7.09. The highest BCUT2D eigenvalue weighted by atomic mass is 32.1. The average molecular weight is 168 g/mol. The molecule has 0 N–H and O–H groups in total. The van der Waals surface area contributed by atoms with Crippen LogP contribution in [0.3, 0.4) is 0 Å². The Morgan fingerprint density at radius 1 is 1.55 bits per heavy atom. The third-order valence-corrected chi connectivity index (χ3v) is 2.16. The lowest BCUT2D eigenvalue weighted by molar-refractivity contribution is 1.20. The standard InChI is InChI=1S/C8H12N2S/c1-4-5-6(2)8-7(3)9-11-10-8/h5H,4H2,1-3H3/b6-5-. The Bertz CT molecular complexity index is 263. The van der Waals surface area contributed by atoms with Crippen molar-refractivity contribution in [1.29, 1.82) is 0 Å². The minimum atomic E-state index is 1.04. The van der Waals surface area contributed by atoms with Crippen LogP contribution in [-0.4, -0.2) is 8.75 Å². The summed E-state index contributed by atoms with van der Waals surface area (Å²) < 4.78 is 8.31. The van der Waals surface area contributed by atoms with Crippen LogP contribution in [-0.2, 0) is 0 Å². The third-order valence-electron chi connectivity index (χ3n) is 1.54. The maximum Gasteiger partial charge on any atom is 0.102 e. The second-order valence-corrected chi connectivity index (χ2v) is 3.02. The summed E-state index contributed by atoms with van der Waals surface area (Å²) in [4.78, 5) is 0. The van der Waals surface area contributed by atoms with E-state index in [1.807, 2.05) is 6.92 Å². The summed E-state index contributed by atoms with van der Waals surface area (Å²) in [5.41, 5.74) is 3.33. The van der Waals surface area contributed by atoms with Gasteiger partial charge in [0.2, 0.25) is 0 Å². The number of aryl methyl sites for hydroxylation is 1. The molecule has 0 atom stereocenters. The van der Waals surface area contributed by atoms with Gasteiger partial charge < -0.3 is 0 Å². The van der Waals surface area contributed by atoms with Crippen LogP contribution >= 0.6 is 11.7 Å². The monoisotopic (exact) mass is 168 g/mol. The molecule has 0 aliphatic rings. The van der Waals surface area contributed by atoms with E-state index in [1.54, 1.807) is 0 Å². The molecule has 2 nitrogen and oxygen atoms in total. The number of hydrogen-bond donors (Lipinski definition) is 0. The van der Waals surface area contributed by atoms with Crippen molar-refractivity contribution in [2.45, 2.75) is 27.2 Å². The molecule has 1 heterocycles. The summed E-state index contributed by atoms with van der Waals surface area (Å²) in [5.74, 6) is 0. The van der Waals surface area contributed by atoms with Crippen molar-refractivity contribution in [1.82, 2.24) is 8.75 Å². The first kappa shape index (κ1) is 8.40. The molecule has 0 bridgehead atoms. The van der Waals surface area contributed by atoms with Gasteiger partial charge in [-0.05, 0) is 25.8 Å². The Labute approximate surface area is 71.3 Å². The van der Waals surface area contributed by atoms with Gasteiger partial charge in [0.25, 0.3) is 0 Å². The van der Waals surface area contributed by atoms with Crippen LogP contribution in [0.5, 0.6) is 0 Å². The number of rotatable bonds is 2. The van der Waals surface area contributed by atoms with Gasteiger partial charge in [-0.25, -0.2) is 0 Å². The predicted molar refractivity (Wildman–Crippen MR) is 48.6 cm³/mol. The lowest BCUT2D eigenvalue weighted by atomic mass is 10.1. The molecule has 0 aliphatic heterocycles.